The lowest BCUT2D eigenvalue weighted by atomic mass is 9.96. The van der Waals surface area contributed by atoms with Gasteiger partial charge in [-0.3, -0.25) is 9.58 Å². The van der Waals surface area contributed by atoms with E-state index in [0.29, 0.717) is 0 Å². The predicted molar refractivity (Wildman–Crippen MR) is 103 cm³/mol. The van der Waals surface area contributed by atoms with Crippen LogP contribution in [0.5, 0.6) is 0 Å². The van der Waals surface area contributed by atoms with Gasteiger partial charge in [-0.1, -0.05) is 30.3 Å². The first kappa shape index (κ1) is 18.2. The number of hydrogen-bond donors (Lipinski definition) is 0. The van der Waals surface area contributed by atoms with Gasteiger partial charge in [-0.05, 0) is 51.8 Å². The fourth-order valence-electron chi connectivity index (χ4n) is 4.11. The Balaban J connectivity index is 1.53. The van der Waals surface area contributed by atoms with Gasteiger partial charge in [-0.25, -0.2) is 0 Å². The first-order valence-corrected chi connectivity index (χ1v) is 9.47. The molecule has 136 valence electrons. The molecule has 1 fully saturated rings. The van der Waals surface area contributed by atoms with Crippen LogP contribution >= 0.6 is 0 Å². The molecule has 0 bridgehead atoms. The maximum Gasteiger partial charge on any atom is 0.0641 e. The maximum absolute atomic E-state index is 4.55. The Labute approximate surface area is 152 Å². The molecular formula is C21H32N4. The van der Waals surface area contributed by atoms with E-state index < -0.39 is 0 Å². The van der Waals surface area contributed by atoms with E-state index in [0.717, 1.165) is 19.0 Å². The van der Waals surface area contributed by atoms with Gasteiger partial charge in [0.2, 0.25) is 0 Å². The number of aromatic nitrogens is 2. The van der Waals surface area contributed by atoms with Crippen LogP contribution in [-0.4, -0.2) is 46.3 Å². The number of benzene rings is 1. The number of likely N-dealkylation sites (tertiary alicyclic amines) is 1. The van der Waals surface area contributed by atoms with Crippen molar-refractivity contribution in [1.29, 1.82) is 0 Å². The maximum atomic E-state index is 4.55. The van der Waals surface area contributed by atoms with Gasteiger partial charge in [0.05, 0.1) is 5.69 Å². The van der Waals surface area contributed by atoms with Crippen molar-refractivity contribution >= 4 is 0 Å². The Kier molecular flexibility index (Phi) is 5.92. The van der Waals surface area contributed by atoms with Gasteiger partial charge in [-0.15, -0.1) is 0 Å². The molecule has 25 heavy (non-hydrogen) atoms. The smallest absolute Gasteiger partial charge is 0.0641 e. The molecule has 1 unspecified atom stereocenters. The van der Waals surface area contributed by atoms with E-state index in [1.165, 1.54) is 55.0 Å². The Bertz CT molecular complexity index is 677. The van der Waals surface area contributed by atoms with E-state index in [4.69, 9.17) is 0 Å². The lowest BCUT2D eigenvalue weighted by Gasteiger charge is -2.34. The van der Waals surface area contributed by atoms with Crippen molar-refractivity contribution in [2.75, 3.05) is 26.7 Å². The predicted octanol–water partition coefficient (Wildman–Crippen LogP) is 3.38. The van der Waals surface area contributed by atoms with Crippen molar-refractivity contribution in [2.45, 2.75) is 39.8 Å². The number of rotatable bonds is 6. The highest BCUT2D eigenvalue weighted by atomic mass is 15.3. The first-order valence-electron chi connectivity index (χ1n) is 9.47. The van der Waals surface area contributed by atoms with Crippen LogP contribution in [0.25, 0.3) is 0 Å². The molecule has 1 aromatic carbocycles. The van der Waals surface area contributed by atoms with Crippen molar-refractivity contribution in [3.63, 3.8) is 0 Å². The average Bonchev–Trinajstić information content (AvgIpc) is 2.82. The molecule has 0 spiro atoms. The topological polar surface area (TPSA) is 24.3 Å². The van der Waals surface area contributed by atoms with Crippen LogP contribution in [-0.2, 0) is 20.1 Å². The molecule has 1 atom stereocenters. The summed E-state index contributed by atoms with van der Waals surface area (Å²) in [5, 5.41) is 4.55. The van der Waals surface area contributed by atoms with Crippen LogP contribution in [0.3, 0.4) is 0 Å². The quantitative estimate of drug-likeness (QED) is 0.806. The Morgan fingerprint density at radius 1 is 1.20 bits per heavy atom. The van der Waals surface area contributed by atoms with E-state index >= 15 is 0 Å². The minimum atomic E-state index is 0.764. The highest BCUT2D eigenvalue weighted by molar-refractivity contribution is 5.24. The summed E-state index contributed by atoms with van der Waals surface area (Å²) < 4.78 is 2.00. The number of aryl methyl sites for hydroxylation is 2. The van der Waals surface area contributed by atoms with Gasteiger partial charge in [0.25, 0.3) is 0 Å². The fourth-order valence-corrected chi connectivity index (χ4v) is 4.11. The second-order valence-electron chi connectivity index (χ2n) is 7.70. The molecule has 2 aromatic rings. The zero-order valence-electron chi connectivity index (χ0n) is 16.2. The monoisotopic (exact) mass is 340 g/mol. The normalized spacial score (nSPS) is 18.8. The first-order chi connectivity index (χ1) is 12.0. The van der Waals surface area contributed by atoms with Gasteiger partial charge >= 0.3 is 0 Å². The van der Waals surface area contributed by atoms with E-state index in [1.54, 1.807) is 0 Å². The Morgan fingerprint density at radius 3 is 2.64 bits per heavy atom. The van der Waals surface area contributed by atoms with Gasteiger partial charge in [0.1, 0.15) is 0 Å². The van der Waals surface area contributed by atoms with E-state index in [9.17, 15) is 0 Å². The van der Waals surface area contributed by atoms with E-state index in [1.807, 2.05) is 11.7 Å². The molecule has 0 amide bonds. The second kappa shape index (κ2) is 8.15. The zero-order valence-corrected chi connectivity index (χ0v) is 16.2. The molecule has 1 saturated heterocycles. The molecule has 0 aliphatic carbocycles. The number of nitrogens with zero attached hydrogens (tertiary/aromatic N) is 4. The third-order valence-corrected chi connectivity index (χ3v) is 5.51. The zero-order chi connectivity index (χ0) is 17.8. The highest BCUT2D eigenvalue weighted by Crippen LogP contribution is 2.21. The Morgan fingerprint density at radius 2 is 1.96 bits per heavy atom. The number of hydrogen-bond acceptors (Lipinski definition) is 3. The third-order valence-electron chi connectivity index (χ3n) is 5.51. The van der Waals surface area contributed by atoms with Crippen LogP contribution in [0, 0.1) is 19.8 Å². The summed E-state index contributed by atoms with van der Waals surface area (Å²) in [6, 6.07) is 10.9. The summed E-state index contributed by atoms with van der Waals surface area (Å²) in [6.45, 7) is 9.99. The van der Waals surface area contributed by atoms with Gasteiger partial charge in [-0.2, -0.15) is 5.10 Å². The average molecular weight is 341 g/mol. The third kappa shape index (κ3) is 4.71. The Hall–Kier alpha value is -1.65. The molecule has 1 aliphatic rings. The second-order valence-corrected chi connectivity index (χ2v) is 7.70. The number of piperidine rings is 1. The molecule has 4 nitrogen and oxygen atoms in total. The van der Waals surface area contributed by atoms with Gasteiger partial charge < -0.3 is 4.90 Å². The van der Waals surface area contributed by atoms with Crippen molar-refractivity contribution < 1.29 is 0 Å². The lowest BCUT2D eigenvalue weighted by molar-refractivity contribution is 0.135. The summed E-state index contributed by atoms with van der Waals surface area (Å²) in [5.74, 6) is 0.764. The van der Waals surface area contributed by atoms with Crippen molar-refractivity contribution in [1.82, 2.24) is 19.6 Å². The molecule has 1 aliphatic heterocycles. The van der Waals surface area contributed by atoms with Gasteiger partial charge in [0, 0.05) is 44.5 Å². The van der Waals surface area contributed by atoms with Crippen molar-refractivity contribution in [2.24, 2.45) is 13.0 Å². The van der Waals surface area contributed by atoms with Crippen molar-refractivity contribution in [3.05, 3.63) is 52.8 Å². The molecule has 2 heterocycles. The van der Waals surface area contributed by atoms with E-state index in [2.05, 4.69) is 66.1 Å². The van der Waals surface area contributed by atoms with Crippen LogP contribution in [0.1, 0.15) is 35.4 Å². The molecule has 0 saturated carbocycles. The molecule has 0 radical (unpaired) electrons. The van der Waals surface area contributed by atoms with Crippen LogP contribution in [0.2, 0.25) is 0 Å². The summed E-state index contributed by atoms with van der Waals surface area (Å²) >= 11 is 0. The van der Waals surface area contributed by atoms with Crippen LogP contribution < -0.4 is 0 Å². The summed E-state index contributed by atoms with van der Waals surface area (Å²) in [5.41, 5.74) is 5.28. The molecule has 3 rings (SSSR count). The van der Waals surface area contributed by atoms with Crippen LogP contribution in [0.15, 0.2) is 30.3 Å². The summed E-state index contributed by atoms with van der Waals surface area (Å²) in [4.78, 5) is 5.10. The van der Waals surface area contributed by atoms with E-state index in [-0.39, 0.29) is 0 Å². The lowest BCUT2D eigenvalue weighted by Crippen LogP contribution is -2.39. The van der Waals surface area contributed by atoms with Crippen LogP contribution in [0.4, 0.5) is 0 Å². The summed E-state index contributed by atoms with van der Waals surface area (Å²) in [6.07, 6.45) is 2.66. The SMILES string of the molecule is Cc1nn(C)c(C)c1CN(C)CC1CCCN(Cc2ccccc2)C1. The minimum Gasteiger partial charge on any atom is -0.302 e. The molecule has 1 aromatic heterocycles. The largest absolute Gasteiger partial charge is 0.302 e. The molecular weight excluding hydrogens is 308 g/mol. The van der Waals surface area contributed by atoms with Gasteiger partial charge in [0.15, 0.2) is 0 Å². The molecule has 0 N–H and O–H groups in total. The fraction of sp³-hybridized carbons (Fsp3) is 0.571. The minimum absolute atomic E-state index is 0.764. The molecule has 4 heteroatoms. The standard InChI is InChI=1S/C21H32N4/c1-17-21(18(2)24(4)22-17)16-23(3)13-20-11-8-12-25(15-20)14-19-9-6-5-7-10-19/h5-7,9-10,20H,8,11-16H2,1-4H3. The van der Waals surface area contributed by atoms with Crippen molar-refractivity contribution in [3.8, 4) is 0 Å². The highest BCUT2D eigenvalue weighted by Gasteiger charge is 2.22. The summed E-state index contributed by atoms with van der Waals surface area (Å²) in [7, 11) is 4.29.